The van der Waals surface area contributed by atoms with Crippen molar-refractivity contribution in [2.45, 2.75) is 25.0 Å². The summed E-state index contributed by atoms with van der Waals surface area (Å²) in [5, 5.41) is 22.9. The summed E-state index contributed by atoms with van der Waals surface area (Å²) in [5.74, 6) is -0.883. The predicted molar refractivity (Wildman–Crippen MR) is 51.8 cm³/mol. The highest BCUT2D eigenvalue weighted by Crippen LogP contribution is 2.05. The van der Waals surface area contributed by atoms with Crippen LogP contribution in [0.5, 0.6) is 0 Å². The van der Waals surface area contributed by atoms with E-state index in [1.807, 2.05) is 6.20 Å². The summed E-state index contributed by atoms with van der Waals surface area (Å²) in [5.41, 5.74) is 0. The Morgan fingerprint density at radius 1 is 1.50 bits per heavy atom. The molecule has 1 fully saturated rings. The van der Waals surface area contributed by atoms with Crippen LogP contribution in [0.15, 0.2) is 12.3 Å². The molecule has 4 N–H and O–H groups in total. The van der Waals surface area contributed by atoms with Crippen molar-refractivity contribution in [3.05, 3.63) is 12.3 Å². The molecule has 0 radical (unpaired) electrons. The van der Waals surface area contributed by atoms with E-state index in [-0.39, 0.29) is 0 Å². The molecular weight excluding hydrogens is 184 g/mol. The average molecular weight is 200 g/mol. The first-order valence-corrected chi connectivity index (χ1v) is 4.73. The van der Waals surface area contributed by atoms with Crippen molar-refractivity contribution >= 4 is 5.97 Å². The first-order chi connectivity index (χ1) is 6.70. The molecule has 1 unspecified atom stereocenters. The molecule has 0 amide bonds. The minimum Gasteiger partial charge on any atom is -0.480 e. The van der Waals surface area contributed by atoms with Crippen LogP contribution >= 0.6 is 0 Å². The zero-order chi connectivity index (χ0) is 10.4. The Morgan fingerprint density at radius 3 is 2.50 bits per heavy atom. The summed E-state index contributed by atoms with van der Waals surface area (Å²) >= 11 is 0. The van der Waals surface area contributed by atoms with Crippen LogP contribution in [0.4, 0.5) is 0 Å². The molecule has 2 atom stereocenters. The van der Waals surface area contributed by atoms with E-state index < -0.39 is 18.1 Å². The summed E-state index contributed by atoms with van der Waals surface area (Å²) in [7, 11) is 0. The highest BCUT2D eigenvalue weighted by Gasteiger charge is 2.27. The number of nitrogens with one attached hydrogen (secondary N) is 2. The van der Waals surface area contributed by atoms with Crippen LogP contribution in [0.25, 0.3) is 0 Å². The average Bonchev–Trinajstić information content (AvgIpc) is 2.74. The lowest BCUT2D eigenvalue weighted by atomic mass is 10.2. The third kappa shape index (κ3) is 3.76. The van der Waals surface area contributed by atoms with Gasteiger partial charge in [0.2, 0.25) is 0 Å². The van der Waals surface area contributed by atoms with Gasteiger partial charge >= 0.3 is 5.97 Å². The third-order valence-corrected chi connectivity index (χ3v) is 2.10. The summed E-state index contributed by atoms with van der Waals surface area (Å²) in [4.78, 5) is 10.2. The van der Waals surface area contributed by atoms with Crippen LogP contribution in [0.1, 0.15) is 12.8 Å². The molecule has 5 nitrogen and oxygen atoms in total. The van der Waals surface area contributed by atoms with Crippen molar-refractivity contribution in [1.82, 2.24) is 10.6 Å². The summed E-state index contributed by atoms with van der Waals surface area (Å²) in [6.45, 7) is 1.54. The third-order valence-electron chi connectivity index (χ3n) is 2.10. The van der Waals surface area contributed by atoms with E-state index in [9.17, 15) is 4.79 Å². The minimum absolute atomic E-state index is 0.329. The first-order valence-electron chi connectivity index (χ1n) is 4.73. The number of rotatable bonds is 1. The fourth-order valence-electron chi connectivity index (χ4n) is 1.32. The van der Waals surface area contributed by atoms with Crippen molar-refractivity contribution in [2.75, 3.05) is 13.1 Å². The lowest BCUT2D eigenvalue weighted by Gasteiger charge is -1.99. The molecule has 2 aliphatic heterocycles. The summed E-state index contributed by atoms with van der Waals surface area (Å²) < 4.78 is 0. The minimum atomic E-state index is -0.883. The standard InChI is InChI=1S/C5H9NO3.C4H7N/c7-3-1-4(5(8)9)6-2-3;1-2-4-5-3-1/h3-4,6-7H,1-2H2,(H,8,9);1,3,5H,2,4H2/t3?,4-;/m0./s1. The monoisotopic (exact) mass is 200 g/mol. The molecule has 5 heteroatoms. The molecule has 2 heterocycles. The van der Waals surface area contributed by atoms with E-state index in [0.717, 1.165) is 6.54 Å². The second-order valence-corrected chi connectivity index (χ2v) is 3.33. The molecule has 1 saturated heterocycles. The number of hydrogen-bond acceptors (Lipinski definition) is 4. The van der Waals surface area contributed by atoms with E-state index in [2.05, 4.69) is 16.7 Å². The van der Waals surface area contributed by atoms with Crippen molar-refractivity contribution in [3.63, 3.8) is 0 Å². The molecule has 0 saturated carbocycles. The van der Waals surface area contributed by atoms with Crippen molar-refractivity contribution in [3.8, 4) is 0 Å². The number of aliphatic hydroxyl groups excluding tert-OH is 1. The molecule has 0 aromatic carbocycles. The fraction of sp³-hybridized carbons (Fsp3) is 0.667. The number of carbonyl (C=O) groups is 1. The molecule has 2 rings (SSSR count). The number of aliphatic carboxylic acids is 1. The van der Waals surface area contributed by atoms with Gasteiger partial charge < -0.3 is 20.8 Å². The Bertz CT molecular complexity index is 212. The van der Waals surface area contributed by atoms with Crippen LogP contribution in [0, 0.1) is 0 Å². The maximum absolute atomic E-state index is 10.2. The van der Waals surface area contributed by atoms with E-state index in [0.29, 0.717) is 13.0 Å². The van der Waals surface area contributed by atoms with Gasteiger partial charge in [-0.05, 0) is 12.6 Å². The molecule has 0 aromatic heterocycles. The quantitative estimate of drug-likeness (QED) is 0.449. The van der Waals surface area contributed by atoms with Gasteiger partial charge in [-0.15, -0.1) is 0 Å². The largest absolute Gasteiger partial charge is 0.480 e. The van der Waals surface area contributed by atoms with E-state index in [4.69, 9.17) is 10.2 Å². The fourth-order valence-corrected chi connectivity index (χ4v) is 1.32. The van der Waals surface area contributed by atoms with Gasteiger partial charge in [-0.2, -0.15) is 0 Å². The summed E-state index contributed by atoms with van der Waals surface area (Å²) in [6, 6.07) is -0.542. The molecule has 80 valence electrons. The highest BCUT2D eigenvalue weighted by molar-refractivity contribution is 5.73. The van der Waals surface area contributed by atoms with Gasteiger partial charge in [-0.1, -0.05) is 6.08 Å². The smallest absolute Gasteiger partial charge is 0.320 e. The zero-order valence-corrected chi connectivity index (χ0v) is 7.94. The van der Waals surface area contributed by atoms with Crippen LogP contribution in [-0.2, 0) is 4.79 Å². The van der Waals surface area contributed by atoms with Gasteiger partial charge in [0.25, 0.3) is 0 Å². The van der Waals surface area contributed by atoms with Crippen LogP contribution < -0.4 is 10.6 Å². The molecule has 2 aliphatic rings. The van der Waals surface area contributed by atoms with Gasteiger partial charge in [0.05, 0.1) is 6.10 Å². The molecule has 0 bridgehead atoms. The number of β-amino-alcohol motifs (C(OH)–C–C–N with tert-alkyl or cyclic N) is 1. The normalized spacial score (nSPS) is 29.2. The maximum atomic E-state index is 10.2. The van der Waals surface area contributed by atoms with Crippen LogP contribution in [0.2, 0.25) is 0 Å². The second kappa shape index (κ2) is 5.62. The second-order valence-electron chi connectivity index (χ2n) is 3.33. The van der Waals surface area contributed by atoms with E-state index in [1.54, 1.807) is 0 Å². The van der Waals surface area contributed by atoms with E-state index in [1.165, 1.54) is 6.42 Å². The summed E-state index contributed by atoms with van der Waals surface area (Å²) in [6.07, 6.45) is 5.17. The first kappa shape index (κ1) is 11.0. The lowest BCUT2D eigenvalue weighted by molar-refractivity contribution is -0.139. The van der Waals surface area contributed by atoms with Crippen molar-refractivity contribution in [2.24, 2.45) is 0 Å². The molecule has 0 aromatic rings. The van der Waals surface area contributed by atoms with Crippen LogP contribution in [-0.4, -0.2) is 41.4 Å². The Kier molecular flexibility index (Phi) is 4.42. The Hall–Kier alpha value is -1.07. The molecule has 14 heavy (non-hydrogen) atoms. The van der Waals surface area contributed by atoms with Gasteiger partial charge in [-0.3, -0.25) is 4.79 Å². The predicted octanol–water partition coefficient (Wildman–Crippen LogP) is -0.713. The molecular formula is C9H16N2O3. The Morgan fingerprint density at radius 2 is 2.29 bits per heavy atom. The maximum Gasteiger partial charge on any atom is 0.320 e. The number of aliphatic hydroxyl groups is 1. The Labute approximate surface area is 82.8 Å². The zero-order valence-electron chi connectivity index (χ0n) is 7.94. The van der Waals surface area contributed by atoms with Gasteiger partial charge in [0.15, 0.2) is 0 Å². The van der Waals surface area contributed by atoms with Gasteiger partial charge in [0, 0.05) is 19.5 Å². The Balaban J connectivity index is 0.000000165. The van der Waals surface area contributed by atoms with E-state index >= 15 is 0 Å². The highest BCUT2D eigenvalue weighted by atomic mass is 16.4. The number of carboxylic acids is 1. The molecule has 0 aliphatic carbocycles. The van der Waals surface area contributed by atoms with Gasteiger partial charge in [-0.25, -0.2) is 0 Å². The van der Waals surface area contributed by atoms with Crippen LogP contribution in [0.3, 0.4) is 0 Å². The van der Waals surface area contributed by atoms with Gasteiger partial charge in [0.1, 0.15) is 6.04 Å². The van der Waals surface area contributed by atoms with Crippen molar-refractivity contribution in [1.29, 1.82) is 0 Å². The topological polar surface area (TPSA) is 81.6 Å². The molecule has 0 spiro atoms. The number of hydrogen-bond donors (Lipinski definition) is 4. The van der Waals surface area contributed by atoms with Crippen molar-refractivity contribution < 1.29 is 15.0 Å². The number of carboxylic acid groups (broad SMARTS) is 1. The lowest BCUT2D eigenvalue weighted by Crippen LogP contribution is -2.29. The SMILES string of the molecule is C1=CNCC1.O=C(O)[C@@H]1CC(O)CN1.